The van der Waals surface area contributed by atoms with E-state index in [0.29, 0.717) is 31.7 Å². The van der Waals surface area contributed by atoms with Gasteiger partial charge >= 0.3 is 6.09 Å². The molecular weight excluding hydrogens is 375 g/mol. The van der Waals surface area contributed by atoms with Crippen molar-refractivity contribution in [2.75, 3.05) is 19.6 Å². The van der Waals surface area contributed by atoms with Crippen molar-refractivity contribution in [2.45, 2.75) is 52.8 Å². The third-order valence-electron chi connectivity index (χ3n) is 4.12. The highest BCUT2D eigenvalue weighted by molar-refractivity contribution is 9.10. The molecule has 1 saturated heterocycles. The van der Waals surface area contributed by atoms with Gasteiger partial charge in [-0.05, 0) is 46.2 Å². The highest BCUT2D eigenvalue weighted by Gasteiger charge is 2.30. The molecule has 1 fully saturated rings. The van der Waals surface area contributed by atoms with Gasteiger partial charge in [0.2, 0.25) is 0 Å². The second kappa shape index (κ2) is 7.40. The van der Waals surface area contributed by atoms with Crippen LogP contribution in [0.4, 0.5) is 9.18 Å². The van der Waals surface area contributed by atoms with Crippen molar-refractivity contribution in [3.05, 3.63) is 33.5 Å². The normalized spacial score (nSPS) is 19.5. The first-order chi connectivity index (χ1) is 11.1. The minimum absolute atomic E-state index is 0.148. The molecule has 134 valence electrons. The number of aryl methyl sites for hydroxylation is 1. The third-order valence-corrected chi connectivity index (χ3v) is 4.97. The van der Waals surface area contributed by atoms with Crippen molar-refractivity contribution in [2.24, 2.45) is 0 Å². The summed E-state index contributed by atoms with van der Waals surface area (Å²) < 4.78 is 20.4. The van der Waals surface area contributed by atoms with E-state index in [1.165, 1.54) is 6.07 Å². The van der Waals surface area contributed by atoms with E-state index in [1.54, 1.807) is 4.90 Å². The van der Waals surface area contributed by atoms with Crippen LogP contribution in [0.15, 0.2) is 16.6 Å². The van der Waals surface area contributed by atoms with Gasteiger partial charge in [-0.3, -0.25) is 4.90 Å². The Bertz CT molecular complexity index is 616. The Balaban J connectivity index is 1.99. The summed E-state index contributed by atoms with van der Waals surface area (Å²) in [7, 11) is 0. The van der Waals surface area contributed by atoms with Crippen molar-refractivity contribution in [3.8, 4) is 0 Å². The van der Waals surface area contributed by atoms with Gasteiger partial charge in [-0.1, -0.05) is 22.0 Å². The average Bonchev–Trinajstić information content (AvgIpc) is 2.44. The van der Waals surface area contributed by atoms with Gasteiger partial charge in [0.25, 0.3) is 0 Å². The number of carbonyl (C=O) groups excluding carboxylic acids is 1. The first-order valence-corrected chi connectivity index (χ1v) is 9.02. The molecule has 1 amide bonds. The number of hydrogen-bond donors (Lipinski definition) is 0. The maximum absolute atomic E-state index is 14.2. The molecule has 1 aromatic carbocycles. The van der Waals surface area contributed by atoms with Crippen molar-refractivity contribution in [3.63, 3.8) is 0 Å². The van der Waals surface area contributed by atoms with Gasteiger partial charge < -0.3 is 9.64 Å². The van der Waals surface area contributed by atoms with Crippen LogP contribution >= 0.6 is 15.9 Å². The Morgan fingerprint density at radius 2 is 2.04 bits per heavy atom. The fourth-order valence-corrected chi connectivity index (χ4v) is 3.09. The zero-order chi connectivity index (χ0) is 18.1. The zero-order valence-electron chi connectivity index (χ0n) is 15.0. The van der Waals surface area contributed by atoms with E-state index in [1.807, 2.05) is 33.8 Å². The molecule has 6 heteroatoms. The molecular formula is C18H26BrFN2O2. The molecule has 0 aromatic heterocycles. The number of hydrogen-bond acceptors (Lipinski definition) is 3. The zero-order valence-corrected chi connectivity index (χ0v) is 16.6. The molecule has 0 aliphatic carbocycles. The Hall–Kier alpha value is -1.14. The number of nitrogens with zero attached hydrogens (tertiary/aromatic N) is 2. The van der Waals surface area contributed by atoms with Gasteiger partial charge in [0.1, 0.15) is 11.4 Å². The van der Waals surface area contributed by atoms with Crippen LogP contribution in [-0.4, -0.2) is 47.2 Å². The second-order valence-corrected chi connectivity index (χ2v) is 8.29. The monoisotopic (exact) mass is 400 g/mol. The van der Waals surface area contributed by atoms with E-state index in [-0.39, 0.29) is 18.0 Å². The van der Waals surface area contributed by atoms with E-state index >= 15 is 0 Å². The lowest BCUT2D eigenvalue weighted by molar-refractivity contribution is 0.00446. The maximum Gasteiger partial charge on any atom is 0.410 e. The molecule has 1 aliphatic heterocycles. The molecule has 0 bridgehead atoms. The number of ether oxygens (including phenoxy) is 1. The van der Waals surface area contributed by atoms with Crippen molar-refractivity contribution in [1.29, 1.82) is 0 Å². The lowest BCUT2D eigenvalue weighted by Gasteiger charge is -2.40. The molecule has 4 nitrogen and oxygen atoms in total. The van der Waals surface area contributed by atoms with E-state index in [0.717, 1.165) is 10.0 Å². The smallest absolute Gasteiger partial charge is 0.410 e. The predicted molar refractivity (Wildman–Crippen MR) is 96.5 cm³/mol. The van der Waals surface area contributed by atoms with Crippen LogP contribution in [0.25, 0.3) is 0 Å². The maximum atomic E-state index is 14.2. The van der Waals surface area contributed by atoms with Crippen molar-refractivity contribution < 1.29 is 13.9 Å². The largest absolute Gasteiger partial charge is 0.444 e. The molecule has 24 heavy (non-hydrogen) atoms. The SMILES string of the molecule is Cc1cc(CN2CCN(C(=O)OC(C)(C)C)C[C@H]2C)c(F)cc1Br. The van der Waals surface area contributed by atoms with Gasteiger partial charge in [-0.15, -0.1) is 0 Å². The first-order valence-electron chi connectivity index (χ1n) is 8.23. The summed E-state index contributed by atoms with van der Waals surface area (Å²) in [6, 6.07) is 3.55. The van der Waals surface area contributed by atoms with E-state index in [9.17, 15) is 9.18 Å². The quantitative estimate of drug-likeness (QED) is 0.739. The standard InChI is InChI=1S/C18H26BrFN2O2/c1-12-8-14(16(20)9-15(12)19)11-21-6-7-22(10-13(21)2)17(23)24-18(3,4)5/h8-9,13H,6-7,10-11H2,1-5H3/t13-/m1/s1. The minimum Gasteiger partial charge on any atom is -0.444 e. The lowest BCUT2D eigenvalue weighted by atomic mass is 10.1. The van der Waals surface area contributed by atoms with Crippen LogP contribution in [0.3, 0.4) is 0 Å². The van der Waals surface area contributed by atoms with Crippen LogP contribution in [0.2, 0.25) is 0 Å². The second-order valence-electron chi connectivity index (χ2n) is 7.44. The third kappa shape index (κ3) is 4.93. The van der Waals surface area contributed by atoms with E-state index < -0.39 is 5.60 Å². The van der Waals surface area contributed by atoms with Crippen LogP contribution in [0.1, 0.15) is 38.8 Å². The number of benzene rings is 1. The molecule has 0 radical (unpaired) electrons. The fraction of sp³-hybridized carbons (Fsp3) is 0.611. The number of rotatable bonds is 2. The molecule has 0 unspecified atom stereocenters. The lowest BCUT2D eigenvalue weighted by Crippen LogP contribution is -2.54. The highest BCUT2D eigenvalue weighted by Crippen LogP contribution is 2.23. The predicted octanol–water partition coefficient (Wildman–Crippen LogP) is 4.34. The Morgan fingerprint density at radius 3 is 2.62 bits per heavy atom. The summed E-state index contributed by atoms with van der Waals surface area (Å²) >= 11 is 3.35. The summed E-state index contributed by atoms with van der Waals surface area (Å²) in [5.41, 5.74) is 1.22. The molecule has 1 heterocycles. The number of carbonyl (C=O) groups is 1. The topological polar surface area (TPSA) is 32.8 Å². The molecule has 1 aliphatic rings. The summed E-state index contributed by atoms with van der Waals surface area (Å²) in [5.74, 6) is -0.200. The summed E-state index contributed by atoms with van der Waals surface area (Å²) in [5, 5.41) is 0. The van der Waals surface area contributed by atoms with Crippen molar-refractivity contribution in [1.82, 2.24) is 9.80 Å². The average molecular weight is 401 g/mol. The molecule has 1 atom stereocenters. The van der Waals surface area contributed by atoms with Gasteiger partial charge in [0.15, 0.2) is 0 Å². The van der Waals surface area contributed by atoms with Crippen LogP contribution in [0.5, 0.6) is 0 Å². The van der Waals surface area contributed by atoms with Crippen LogP contribution in [-0.2, 0) is 11.3 Å². The highest BCUT2D eigenvalue weighted by atomic mass is 79.9. The molecule has 0 N–H and O–H groups in total. The summed E-state index contributed by atoms with van der Waals surface area (Å²) in [6.45, 7) is 12.0. The van der Waals surface area contributed by atoms with Crippen molar-refractivity contribution >= 4 is 22.0 Å². The molecule has 0 saturated carbocycles. The number of piperazine rings is 1. The fourth-order valence-electron chi connectivity index (χ4n) is 2.78. The van der Waals surface area contributed by atoms with E-state index in [4.69, 9.17) is 4.74 Å². The Kier molecular flexibility index (Phi) is 5.91. The van der Waals surface area contributed by atoms with Gasteiger partial charge in [0, 0.05) is 42.3 Å². The van der Waals surface area contributed by atoms with E-state index in [2.05, 4.69) is 27.8 Å². The Labute approximate surface area is 152 Å². The van der Waals surface area contributed by atoms with Gasteiger partial charge in [-0.2, -0.15) is 0 Å². The molecule has 2 rings (SSSR count). The summed E-state index contributed by atoms with van der Waals surface area (Å²) in [4.78, 5) is 16.1. The Morgan fingerprint density at radius 1 is 1.38 bits per heavy atom. The number of halogens is 2. The minimum atomic E-state index is -0.491. The van der Waals surface area contributed by atoms with Crippen LogP contribution < -0.4 is 0 Å². The molecule has 1 aromatic rings. The van der Waals surface area contributed by atoms with Gasteiger partial charge in [-0.25, -0.2) is 9.18 Å². The van der Waals surface area contributed by atoms with Gasteiger partial charge in [0.05, 0.1) is 0 Å². The molecule has 0 spiro atoms. The summed E-state index contributed by atoms with van der Waals surface area (Å²) in [6.07, 6.45) is -0.278. The number of amides is 1. The first kappa shape index (κ1) is 19.2. The van der Waals surface area contributed by atoms with Crippen LogP contribution in [0, 0.1) is 12.7 Å².